The Hall–Kier alpha value is -1.97. The maximum atomic E-state index is 12.4. The number of halogens is 2. The Morgan fingerprint density at radius 1 is 1.16 bits per heavy atom. The van der Waals surface area contributed by atoms with Crippen molar-refractivity contribution in [3.05, 3.63) is 69.3 Å². The van der Waals surface area contributed by atoms with Crippen molar-refractivity contribution in [2.24, 2.45) is 7.05 Å². The first-order chi connectivity index (χ1) is 12.0. The minimum Gasteiger partial charge on any atom is -0.355 e. The molecule has 3 aromatic rings. The Kier molecular flexibility index (Phi) is 5.36. The van der Waals surface area contributed by atoms with E-state index in [1.165, 1.54) is 0 Å². The highest BCUT2D eigenvalue weighted by atomic mass is 35.5. The van der Waals surface area contributed by atoms with Crippen molar-refractivity contribution in [2.45, 2.75) is 19.8 Å². The Bertz CT molecular complexity index is 931. The van der Waals surface area contributed by atoms with Crippen LogP contribution in [0.4, 0.5) is 0 Å². The zero-order valence-corrected chi connectivity index (χ0v) is 15.8. The Balaban J connectivity index is 1.64. The molecule has 0 spiro atoms. The largest absolute Gasteiger partial charge is 0.355 e. The molecule has 5 heteroatoms. The molecule has 0 aliphatic carbocycles. The third kappa shape index (κ3) is 3.83. The van der Waals surface area contributed by atoms with E-state index in [1.54, 1.807) is 6.07 Å². The van der Waals surface area contributed by atoms with Gasteiger partial charge in [0.15, 0.2) is 0 Å². The molecule has 2 aromatic carbocycles. The topological polar surface area (TPSA) is 34.0 Å². The summed E-state index contributed by atoms with van der Waals surface area (Å²) in [6.07, 6.45) is 1.05. The van der Waals surface area contributed by atoms with Gasteiger partial charge in [0.2, 0.25) is 5.91 Å². The zero-order valence-electron chi connectivity index (χ0n) is 14.3. The van der Waals surface area contributed by atoms with Crippen LogP contribution in [0.5, 0.6) is 0 Å². The lowest BCUT2D eigenvalue weighted by molar-refractivity contribution is -0.120. The van der Waals surface area contributed by atoms with E-state index >= 15 is 0 Å². The maximum absolute atomic E-state index is 12.4. The molecule has 1 aromatic heterocycles. The predicted molar refractivity (Wildman–Crippen MR) is 105 cm³/mol. The van der Waals surface area contributed by atoms with Gasteiger partial charge in [-0.1, -0.05) is 47.5 Å². The summed E-state index contributed by atoms with van der Waals surface area (Å²) in [5.74, 6) is 0.0181. The van der Waals surface area contributed by atoms with E-state index in [4.69, 9.17) is 23.2 Å². The molecule has 0 bridgehead atoms. The molecule has 1 amide bonds. The summed E-state index contributed by atoms with van der Waals surface area (Å²) in [4.78, 5) is 12.4. The molecule has 1 heterocycles. The molecule has 130 valence electrons. The second-order valence-electron chi connectivity index (χ2n) is 6.15. The number of hydrogen-bond acceptors (Lipinski definition) is 1. The molecule has 0 radical (unpaired) electrons. The van der Waals surface area contributed by atoms with Crippen molar-refractivity contribution in [1.29, 1.82) is 0 Å². The first-order valence-corrected chi connectivity index (χ1v) is 8.96. The number of carbonyl (C=O) groups is 1. The summed E-state index contributed by atoms with van der Waals surface area (Å²) in [6, 6.07) is 13.6. The van der Waals surface area contributed by atoms with Crippen LogP contribution in [-0.4, -0.2) is 17.0 Å². The molecule has 0 saturated heterocycles. The van der Waals surface area contributed by atoms with Crippen LogP contribution in [0.15, 0.2) is 42.5 Å². The van der Waals surface area contributed by atoms with Gasteiger partial charge >= 0.3 is 0 Å². The fourth-order valence-corrected chi connectivity index (χ4v) is 3.61. The van der Waals surface area contributed by atoms with Gasteiger partial charge in [-0.25, -0.2) is 0 Å². The van der Waals surface area contributed by atoms with Gasteiger partial charge in [-0.05, 0) is 42.7 Å². The summed E-state index contributed by atoms with van der Waals surface area (Å²) in [5, 5.41) is 5.37. The van der Waals surface area contributed by atoms with Crippen LogP contribution in [0.25, 0.3) is 10.9 Å². The Morgan fingerprint density at radius 2 is 1.92 bits per heavy atom. The smallest absolute Gasteiger partial charge is 0.224 e. The molecule has 0 saturated carbocycles. The zero-order chi connectivity index (χ0) is 18.0. The summed E-state index contributed by atoms with van der Waals surface area (Å²) < 4.78 is 2.13. The highest BCUT2D eigenvalue weighted by Gasteiger charge is 2.14. The fraction of sp³-hybridized carbons (Fsp3) is 0.250. The van der Waals surface area contributed by atoms with Gasteiger partial charge in [0.1, 0.15) is 0 Å². The van der Waals surface area contributed by atoms with Gasteiger partial charge < -0.3 is 9.88 Å². The van der Waals surface area contributed by atoms with Crippen LogP contribution >= 0.6 is 23.2 Å². The lowest BCUT2D eigenvalue weighted by Crippen LogP contribution is -2.27. The van der Waals surface area contributed by atoms with Crippen LogP contribution < -0.4 is 5.32 Å². The first kappa shape index (κ1) is 17.8. The SMILES string of the molecule is Cc1c(CC(=O)NCCc2ccc(Cl)cc2Cl)c2ccccc2n1C. The maximum Gasteiger partial charge on any atom is 0.224 e. The Labute approximate surface area is 157 Å². The van der Waals surface area contributed by atoms with E-state index in [9.17, 15) is 4.79 Å². The summed E-state index contributed by atoms with van der Waals surface area (Å²) >= 11 is 12.1. The number of aryl methyl sites for hydroxylation is 1. The highest BCUT2D eigenvalue weighted by molar-refractivity contribution is 6.35. The fourth-order valence-electron chi connectivity index (χ4n) is 3.11. The summed E-state index contributed by atoms with van der Waals surface area (Å²) in [5.41, 5.74) is 4.33. The normalized spacial score (nSPS) is 11.0. The van der Waals surface area contributed by atoms with Crippen molar-refractivity contribution in [3.8, 4) is 0 Å². The van der Waals surface area contributed by atoms with E-state index in [0.29, 0.717) is 29.4 Å². The van der Waals surface area contributed by atoms with Gasteiger partial charge in [-0.3, -0.25) is 4.79 Å². The van der Waals surface area contributed by atoms with Crippen LogP contribution in [0, 0.1) is 6.92 Å². The predicted octanol–water partition coefficient (Wildman–Crippen LogP) is 4.69. The van der Waals surface area contributed by atoms with E-state index in [-0.39, 0.29) is 5.91 Å². The number of nitrogens with one attached hydrogen (secondary N) is 1. The number of hydrogen-bond donors (Lipinski definition) is 1. The monoisotopic (exact) mass is 374 g/mol. The van der Waals surface area contributed by atoms with Gasteiger partial charge in [0.05, 0.1) is 6.42 Å². The number of aromatic nitrogens is 1. The van der Waals surface area contributed by atoms with E-state index in [1.807, 2.05) is 31.3 Å². The number of nitrogens with zero attached hydrogens (tertiary/aromatic N) is 1. The van der Waals surface area contributed by atoms with Gasteiger partial charge in [-0.15, -0.1) is 0 Å². The number of carbonyl (C=O) groups excluding carboxylic acids is 1. The molecule has 0 unspecified atom stereocenters. The molecule has 25 heavy (non-hydrogen) atoms. The number of benzene rings is 2. The van der Waals surface area contributed by atoms with Crippen molar-refractivity contribution in [2.75, 3.05) is 6.54 Å². The summed E-state index contributed by atoms with van der Waals surface area (Å²) in [6.45, 7) is 2.60. The van der Waals surface area contributed by atoms with Crippen LogP contribution in [0.3, 0.4) is 0 Å². The summed E-state index contributed by atoms with van der Waals surface area (Å²) in [7, 11) is 2.03. The first-order valence-electron chi connectivity index (χ1n) is 8.21. The van der Waals surface area contributed by atoms with E-state index < -0.39 is 0 Å². The second-order valence-corrected chi connectivity index (χ2v) is 7.00. The standard InChI is InChI=1S/C20H20Cl2N2O/c1-13-17(16-5-3-4-6-19(16)24(13)2)12-20(25)23-10-9-14-7-8-15(21)11-18(14)22/h3-8,11H,9-10,12H2,1-2H3,(H,23,25). The minimum atomic E-state index is 0.0181. The number of para-hydroxylation sites is 1. The molecule has 0 aliphatic rings. The molecular weight excluding hydrogens is 355 g/mol. The number of rotatable bonds is 5. The molecule has 3 nitrogen and oxygen atoms in total. The van der Waals surface area contributed by atoms with Crippen LogP contribution in [-0.2, 0) is 24.7 Å². The molecule has 1 N–H and O–H groups in total. The highest BCUT2D eigenvalue weighted by Crippen LogP contribution is 2.25. The second kappa shape index (κ2) is 7.51. The average Bonchev–Trinajstić information content (AvgIpc) is 2.82. The lowest BCUT2D eigenvalue weighted by Gasteiger charge is -2.08. The van der Waals surface area contributed by atoms with Crippen molar-refractivity contribution >= 4 is 40.0 Å². The van der Waals surface area contributed by atoms with E-state index in [2.05, 4.69) is 28.9 Å². The Morgan fingerprint density at radius 3 is 2.68 bits per heavy atom. The molecule has 0 atom stereocenters. The van der Waals surface area contributed by atoms with Crippen LogP contribution in [0.2, 0.25) is 10.0 Å². The van der Waals surface area contributed by atoms with Crippen LogP contribution in [0.1, 0.15) is 16.8 Å². The van der Waals surface area contributed by atoms with Gasteiger partial charge in [0, 0.05) is 40.2 Å². The molecule has 3 rings (SSSR count). The average molecular weight is 375 g/mol. The quantitative estimate of drug-likeness (QED) is 0.690. The molecular formula is C20H20Cl2N2O. The minimum absolute atomic E-state index is 0.0181. The van der Waals surface area contributed by atoms with Crippen molar-refractivity contribution in [1.82, 2.24) is 9.88 Å². The number of fused-ring (bicyclic) bond motifs is 1. The molecule has 0 aliphatic heterocycles. The lowest BCUT2D eigenvalue weighted by atomic mass is 10.1. The molecule has 0 fully saturated rings. The van der Waals surface area contributed by atoms with Gasteiger partial charge in [0.25, 0.3) is 0 Å². The number of amides is 1. The third-order valence-corrected chi connectivity index (χ3v) is 5.19. The van der Waals surface area contributed by atoms with Crippen molar-refractivity contribution in [3.63, 3.8) is 0 Å². The van der Waals surface area contributed by atoms with E-state index in [0.717, 1.165) is 27.7 Å². The van der Waals surface area contributed by atoms with Gasteiger partial charge in [-0.2, -0.15) is 0 Å². The van der Waals surface area contributed by atoms with Crippen molar-refractivity contribution < 1.29 is 4.79 Å². The third-order valence-electron chi connectivity index (χ3n) is 4.60.